The lowest BCUT2D eigenvalue weighted by Crippen LogP contribution is -1.93. The van der Waals surface area contributed by atoms with Gasteiger partial charge in [0.25, 0.3) is 6.43 Å². The van der Waals surface area contributed by atoms with E-state index in [1.165, 1.54) is 12.1 Å². The maximum absolute atomic E-state index is 12.4. The fraction of sp³-hybridized carbons (Fsp3) is 0.250. The minimum atomic E-state index is -2.51. The van der Waals surface area contributed by atoms with E-state index in [0.717, 1.165) is 0 Å². The minimum absolute atomic E-state index is 0.0794. The van der Waals surface area contributed by atoms with Gasteiger partial charge in [0.15, 0.2) is 11.5 Å². The lowest BCUT2D eigenvalue weighted by Gasteiger charge is -2.05. The Balaban J connectivity index is 2.52. The Hall–Kier alpha value is -0.840. The van der Waals surface area contributed by atoms with E-state index in [4.69, 9.17) is 9.47 Å². The van der Waals surface area contributed by atoms with Gasteiger partial charge < -0.3 is 9.47 Å². The van der Waals surface area contributed by atoms with Crippen LogP contribution in [0.3, 0.4) is 0 Å². The molecule has 0 bridgehead atoms. The molecule has 2 rings (SSSR count). The van der Waals surface area contributed by atoms with Crippen molar-refractivity contribution in [3.8, 4) is 11.5 Å². The third-order valence-electron chi connectivity index (χ3n) is 1.74. The summed E-state index contributed by atoms with van der Waals surface area (Å²) >= 11 is 3.05. The molecule has 1 heterocycles. The Kier molecular flexibility index (Phi) is 2.11. The number of hydrogen-bond acceptors (Lipinski definition) is 2. The molecular formula is C8H5BrF2O2. The second kappa shape index (κ2) is 3.14. The predicted molar refractivity (Wildman–Crippen MR) is 45.2 cm³/mol. The van der Waals surface area contributed by atoms with Crippen LogP contribution in [-0.4, -0.2) is 6.79 Å². The fourth-order valence-corrected chi connectivity index (χ4v) is 1.74. The third kappa shape index (κ3) is 1.37. The van der Waals surface area contributed by atoms with Gasteiger partial charge in [-0.1, -0.05) is 0 Å². The lowest BCUT2D eigenvalue weighted by atomic mass is 10.2. The van der Waals surface area contributed by atoms with Gasteiger partial charge in [0.2, 0.25) is 6.79 Å². The Morgan fingerprint density at radius 3 is 2.77 bits per heavy atom. The normalized spacial score (nSPS) is 13.8. The highest BCUT2D eigenvalue weighted by Crippen LogP contribution is 2.43. The van der Waals surface area contributed by atoms with Gasteiger partial charge in [0, 0.05) is 5.56 Å². The van der Waals surface area contributed by atoms with Gasteiger partial charge >= 0.3 is 0 Å². The van der Waals surface area contributed by atoms with E-state index in [9.17, 15) is 8.78 Å². The molecule has 0 aliphatic carbocycles. The van der Waals surface area contributed by atoms with E-state index in [0.29, 0.717) is 11.5 Å². The summed E-state index contributed by atoms with van der Waals surface area (Å²) in [6, 6.07) is 2.80. The monoisotopic (exact) mass is 250 g/mol. The molecule has 5 heteroatoms. The molecule has 2 nitrogen and oxygen atoms in total. The zero-order valence-corrected chi connectivity index (χ0v) is 7.98. The third-order valence-corrected chi connectivity index (χ3v) is 2.56. The van der Waals surface area contributed by atoms with Crippen LogP contribution in [-0.2, 0) is 0 Å². The minimum Gasteiger partial charge on any atom is -0.454 e. The second-order valence-electron chi connectivity index (χ2n) is 2.50. The standard InChI is InChI=1S/C8H5BrF2O2/c9-6-4(8(10)11)1-2-5-7(6)13-3-12-5/h1-2,8H,3H2. The van der Waals surface area contributed by atoms with E-state index >= 15 is 0 Å². The van der Waals surface area contributed by atoms with Gasteiger partial charge in [0.05, 0.1) is 4.47 Å². The van der Waals surface area contributed by atoms with Crippen LogP contribution in [0.15, 0.2) is 16.6 Å². The topological polar surface area (TPSA) is 18.5 Å². The molecule has 70 valence electrons. The summed E-state index contributed by atoms with van der Waals surface area (Å²) in [6.45, 7) is 0.0840. The molecule has 0 radical (unpaired) electrons. The highest BCUT2D eigenvalue weighted by Gasteiger charge is 2.22. The maximum atomic E-state index is 12.4. The Morgan fingerprint density at radius 2 is 2.08 bits per heavy atom. The first-order valence-corrected chi connectivity index (χ1v) is 4.35. The number of halogens is 3. The molecular weight excluding hydrogens is 246 g/mol. The Morgan fingerprint density at radius 1 is 1.31 bits per heavy atom. The maximum Gasteiger partial charge on any atom is 0.265 e. The summed E-state index contributed by atoms with van der Waals surface area (Å²) in [4.78, 5) is 0. The average molecular weight is 251 g/mol. The molecule has 0 saturated carbocycles. The van der Waals surface area contributed by atoms with Crippen molar-refractivity contribution in [1.82, 2.24) is 0 Å². The highest BCUT2D eigenvalue weighted by molar-refractivity contribution is 9.10. The number of benzene rings is 1. The van der Waals surface area contributed by atoms with Gasteiger partial charge in [-0.2, -0.15) is 0 Å². The summed E-state index contributed by atoms with van der Waals surface area (Å²) in [5.74, 6) is 0.856. The number of ether oxygens (including phenoxy) is 2. The van der Waals surface area contributed by atoms with Crippen molar-refractivity contribution in [3.05, 3.63) is 22.2 Å². The van der Waals surface area contributed by atoms with Crippen LogP contribution in [0.4, 0.5) is 8.78 Å². The van der Waals surface area contributed by atoms with Gasteiger partial charge in [-0.15, -0.1) is 0 Å². The van der Waals surface area contributed by atoms with Crippen molar-refractivity contribution in [1.29, 1.82) is 0 Å². The van der Waals surface area contributed by atoms with Crippen LogP contribution in [0.25, 0.3) is 0 Å². The first-order valence-electron chi connectivity index (χ1n) is 3.56. The molecule has 1 aliphatic rings. The van der Waals surface area contributed by atoms with Gasteiger partial charge in [-0.3, -0.25) is 0 Å². The molecule has 0 atom stereocenters. The quantitative estimate of drug-likeness (QED) is 0.763. The summed E-state index contributed by atoms with van der Waals surface area (Å²) in [6.07, 6.45) is -2.51. The Labute approximate surface area is 81.6 Å². The van der Waals surface area contributed by atoms with Crippen molar-refractivity contribution in [2.24, 2.45) is 0 Å². The molecule has 0 unspecified atom stereocenters. The van der Waals surface area contributed by atoms with Crippen LogP contribution in [0.2, 0.25) is 0 Å². The zero-order chi connectivity index (χ0) is 9.42. The highest BCUT2D eigenvalue weighted by atomic mass is 79.9. The molecule has 0 saturated heterocycles. The number of alkyl halides is 2. The first kappa shape index (κ1) is 8.74. The van der Waals surface area contributed by atoms with Crippen molar-refractivity contribution >= 4 is 15.9 Å². The largest absolute Gasteiger partial charge is 0.454 e. The van der Waals surface area contributed by atoms with Crippen LogP contribution in [0, 0.1) is 0 Å². The van der Waals surface area contributed by atoms with E-state index < -0.39 is 6.43 Å². The molecule has 0 spiro atoms. The summed E-state index contributed by atoms with van der Waals surface area (Å²) in [5, 5.41) is 0. The van der Waals surface area contributed by atoms with E-state index in [-0.39, 0.29) is 16.8 Å². The first-order chi connectivity index (χ1) is 6.20. The molecule has 0 aromatic heterocycles. The predicted octanol–water partition coefficient (Wildman–Crippen LogP) is 3.12. The second-order valence-corrected chi connectivity index (χ2v) is 3.30. The molecule has 0 fully saturated rings. The summed E-state index contributed by atoms with van der Waals surface area (Å²) in [5.41, 5.74) is -0.0794. The van der Waals surface area contributed by atoms with E-state index in [1.807, 2.05) is 0 Å². The van der Waals surface area contributed by atoms with Crippen LogP contribution in [0.5, 0.6) is 11.5 Å². The molecule has 1 aliphatic heterocycles. The number of hydrogen-bond donors (Lipinski definition) is 0. The molecule has 0 amide bonds. The fourth-order valence-electron chi connectivity index (χ4n) is 1.12. The molecule has 1 aromatic rings. The van der Waals surface area contributed by atoms with E-state index in [2.05, 4.69) is 15.9 Å². The molecule has 0 N–H and O–H groups in total. The summed E-state index contributed by atoms with van der Waals surface area (Å²) in [7, 11) is 0. The van der Waals surface area contributed by atoms with Gasteiger partial charge in [-0.25, -0.2) is 8.78 Å². The van der Waals surface area contributed by atoms with Crippen LogP contribution >= 0.6 is 15.9 Å². The van der Waals surface area contributed by atoms with Crippen LogP contribution in [0.1, 0.15) is 12.0 Å². The molecule has 13 heavy (non-hydrogen) atoms. The van der Waals surface area contributed by atoms with Crippen molar-refractivity contribution in [2.75, 3.05) is 6.79 Å². The van der Waals surface area contributed by atoms with Crippen LogP contribution < -0.4 is 9.47 Å². The van der Waals surface area contributed by atoms with Gasteiger partial charge in [-0.05, 0) is 28.1 Å². The lowest BCUT2D eigenvalue weighted by molar-refractivity contribution is 0.149. The van der Waals surface area contributed by atoms with Crippen molar-refractivity contribution in [2.45, 2.75) is 6.43 Å². The number of rotatable bonds is 1. The SMILES string of the molecule is FC(F)c1ccc2c(c1Br)OCO2. The zero-order valence-electron chi connectivity index (χ0n) is 6.39. The number of fused-ring (bicyclic) bond motifs is 1. The van der Waals surface area contributed by atoms with Crippen molar-refractivity contribution < 1.29 is 18.3 Å². The smallest absolute Gasteiger partial charge is 0.265 e. The van der Waals surface area contributed by atoms with Gasteiger partial charge in [0.1, 0.15) is 0 Å². The Bertz CT molecular complexity index is 341. The van der Waals surface area contributed by atoms with E-state index in [1.54, 1.807) is 0 Å². The molecule has 1 aromatic carbocycles. The van der Waals surface area contributed by atoms with Crippen molar-refractivity contribution in [3.63, 3.8) is 0 Å². The average Bonchev–Trinajstić information content (AvgIpc) is 2.52. The summed E-state index contributed by atoms with van der Waals surface area (Å²) < 4.78 is 35.0.